The first-order valence-corrected chi connectivity index (χ1v) is 14.5. The number of rotatable bonds is 7. The Morgan fingerprint density at radius 1 is 0.765 bits per heavy atom. The molecule has 0 aromatic heterocycles. The van der Waals surface area contributed by atoms with E-state index in [-0.39, 0.29) is 0 Å². The van der Waals surface area contributed by atoms with Crippen LogP contribution in [-0.4, -0.2) is 11.0 Å². The smallest absolute Gasteiger partial charge is 0.220 e. The maximum absolute atomic E-state index is 5.74. The first-order valence-electron chi connectivity index (χ1n) is 11.3. The molecular weight excluding hydrogens is 473 g/mol. The highest BCUT2D eigenvalue weighted by Gasteiger charge is 2.28. The summed E-state index contributed by atoms with van der Waals surface area (Å²) in [5.74, 6) is 0.720. The van der Waals surface area contributed by atoms with Crippen LogP contribution in [0, 0.1) is 6.92 Å². The Bertz CT molecular complexity index is 1190. The van der Waals surface area contributed by atoms with Crippen LogP contribution in [0.5, 0.6) is 0 Å². The van der Waals surface area contributed by atoms with E-state index in [2.05, 4.69) is 116 Å². The van der Waals surface area contributed by atoms with Gasteiger partial charge in [-0.05, 0) is 37.2 Å². The molecule has 0 N–H and O–H groups in total. The molecule has 34 heavy (non-hydrogen) atoms. The lowest BCUT2D eigenvalue weighted by atomic mass is 10.1. The van der Waals surface area contributed by atoms with Crippen LogP contribution in [0.25, 0.3) is 0 Å². The zero-order valence-electron chi connectivity index (χ0n) is 19.4. The van der Waals surface area contributed by atoms with Gasteiger partial charge in [-0.2, -0.15) is 0 Å². The van der Waals surface area contributed by atoms with Crippen molar-refractivity contribution in [3.8, 4) is 0 Å². The molecule has 4 aromatic carbocycles. The molecule has 4 rings (SSSR count). The molecule has 0 unspecified atom stereocenters. The van der Waals surface area contributed by atoms with Crippen molar-refractivity contribution in [2.75, 3.05) is 6.61 Å². The maximum Gasteiger partial charge on any atom is 0.220 e. The Balaban J connectivity index is 2.01. The Hall–Kier alpha value is -2.65. The first kappa shape index (κ1) is 24.5. The standard InChI is InChI=1S/C29H28NOPS2/c1-3-31-29(33)34-22-24-15-13-14-23(2)28(24)30-32(25-16-7-4-8-17-25,26-18-9-5-10-19-26)27-20-11-6-12-21-27/h4-21H,3,22H2,1-2H3. The molecule has 2 nitrogen and oxygen atoms in total. The van der Waals surface area contributed by atoms with Gasteiger partial charge in [0, 0.05) is 21.7 Å². The van der Waals surface area contributed by atoms with Gasteiger partial charge in [-0.3, -0.25) is 4.74 Å². The molecule has 0 aliphatic carbocycles. The van der Waals surface area contributed by atoms with Crippen molar-refractivity contribution >= 4 is 57.0 Å². The van der Waals surface area contributed by atoms with Gasteiger partial charge in [0.1, 0.15) is 0 Å². The van der Waals surface area contributed by atoms with Gasteiger partial charge < -0.3 is 4.74 Å². The van der Waals surface area contributed by atoms with Gasteiger partial charge in [-0.15, -0.1) is 0 Å². The second-order valence-electron chi connectivity index (χ2n) is 7.80. The summed E-state index contributed by atoms with van der Waals surface area (Å²) in [4.78, 5) is 0. The van der Waals surface area contributed by atoms with Crippen LogP contribution in [-0.2, 0) is 10.5 Å². The van der Waals surface area contributed by atoms with Crippen LogP contribution in [0.15, 0.2) is 114 Å². The number of hydrogen-bond donors (Lipinski definition) is 0. The van der Waals surface area contributed by atoms with Crippen LogP contribution in [0.3, 0.4) is 0 Å². The SMILES string of the molecule is CCOC(=S)SCc1cccc(C)c1N=P(c1ccccc1)(c1ccccc1)c1ccccc1. The Morgan fingerprint density at radius 2 is 1.26 bits per heavy atom. The van der Waals surface area contributed by atoms with Crippen LogP contribution < -0.4 is 15.9 Å². The van der Waals surface area contributed by atoms with Gasteiger partial charge in [-0.25, -0.2) is 0 Å². The third kappa shape index (κ3) is 5.36. The number of thiocarbonyl (C=S) groups is 1. The molecule has 172 valence electrons. The zero-order chi connectivity index (χ0) is 23.8. The number of benzene rings is 4. The highest BCUT2D eigenvalue weighted by molar-refractivity contribution is 8.22. The van der Waals surface area contributed by atoms with Gasteiger partial charge in [0.15, 0.2) is 0 Å². The number of aryl methyl sites for hydroxylation is 1. The van der Waals surface area contributed by atoms with Crippen LogP contribution in [0.2, 0.25) is 0 Å². The number of nitrogens with zero attached hydrogens (tertiary/aromatic N) is 1. The molecule has 0 radical (unpaired) electrons. The molecule has 0 aliphatic rings. The summed E-state index contributed by atoms with van der Waals surface area (Å²) in [5, 5.41) is 3.71. The average Bonchev–Trinajstić information content (AvgIpc) is 2.89. The molecule has 0 heterocycles. The van der Waals surface area contributed by atoms with Gasteiger partial charge in [-0.1, -0.05) is 121 Å². The third-order valence-corrected chi connectivity index (χ3v) is 10.5. The zero-order valence-corrected chi connectivity index (χ0v) is 22.0. The summed E-state index contributed by atoms with van der Waals surface area (Å²) in [6, 6.07) is 38.6. The van der Waals surface area contributed by atoms with Crippen molar-refractivity contribution in [2.24, 2.45) is 4.74 Å². The fourth-order valence-electron chi connectivity index (χ4n) is 3.98. The predicted octanol–water partition coefficient (Wildman–Crippen LogP) is 7.36. The highest BCUT2D eigenvalue weighted by Crippen LogP contribution is 2.50. The van der Waals surface area contributed by atoms with E-state index >= 15 is 0 Å². The monoisotopic (exact) mass is 501 g/mol. The summed E-state index contributed by atoms with van der Waals surface area (Å²) < 4.78 is 11.8. The van der Waals surface area contributed by atoms with E-state index in [1.165, 1.54) is 21.5 Å². The minimum Gasteiger partial charge on any atom is -0.479 e. The normalized spacial score (nSPS) is 11.1. The summed E-state index contributed by atoms with van der Waals surface area (Å²) in [5.41, 5.74) is 3.37. The predicted molar refractivity (Wildman–Crippen MR) is 154 cm³/mol. The van der Waals surface area contributed by atoms with E-state index in [0.717, 1.165) is 17.0 Å². The highest BCUT2D eigenvalue weighted by atomic mass is 32.2. The van der Waals surface area contributed by atoms with E-state index in [1.54, 1.807) is 11.8 Å². The molecule has 0 saturated heterocycles. The molecule has 0 fully saturated rings. The van der Waals surface area contributed by atoms with Crippen molar-refractivity contribution < 1.29 is 4.74 Å². The van der Waals surface area contributed by atoms with Crippen LogP contribution in [0.1, 0.15) is 18.1 Å². The number of thioether (sulfide) groups is 1. The molecule has 0 aliphatic heterocycles. The van der Waals surface area contributed by atoms with Crippen LogP contribution >= 0.6 is 31.0 Å². The molecule has 0 amide bonds. The van der Waals surface area contributed by atoms with Crippen LogP contribution in [0.4, 0.5) is 5.69 Å². The summed E-state index contributed by atoms with van der Waals surface area (Å²) in [6.07, 6.45) is 0. The van der Waals surface area contributed by atoms with E-state index in [9.17, 15) is 0 Å². The molecule has 0 atom stereocenters. The lowest BCUT2D eigenvalue weighted by molar-refractivity contribution is 0.346. The van der Waals surface area contributed by atoms with Gasteiger partial charge in [0.2, 0.25) is 4.38 Å². The molecule has 0 spiro atoms. The van der Waals surface area contributed by atoms with E-state index in [4.69, 9.17) is 21.7 Å². The Kier molecular flexibility index (Phi) is 8.39. The van der Waals surface area contributed by atoms with Gasteiger partial charge >= 0.3 is 0 Å². The summed E-state index contributed by atoms with van der Waals surface area (Å²) in [7, 11) is -2.34. The summed E-state index contributed by atoms with van der Waals surface area (Å²) >= 11 is 6.94. The quantitative estimate of drug-likeness (QED) is 0.195. The second-order valence-corrected chi connectivity index (χ2v) is 12.4. The topological polar surface area (TPSA) is 21.6 Å². The van der Waals surface area contributed by atoms with Crippen molar-refractivity contribution in [3.05, 3.63) is 120 Å². The maximum atomic E-state index is 5.74. The van der Waals surface area contributed by atoms with Gasteiger partial charge in [0.05, 0.1) is 19.3 Å². The summed E-state index contributed by atoms with van der Waals surface area (Å²) in [6.45, 7) is 4.68. The minimum atomic E-state index is -2.34. The van der Waals surface area contributed by atoms with E-state index in [1.807, 2.05) is 6.92 Å². The van der Waals surface area contributed by atoms with E-state index < -0.39 is 7.05 Å². The second kappa shape index (κ2) is 11.7. The van der Waals surface area contributed by atoms with Crippen molar-refractivity contribution in [2.45, 2.75) is 19.6 Å². The first-order chi connectivity index (χ1) is 16.6. The van der Waals surface area contributed by atoms with E-state index in [0.29, 0.717) is 11.0 Å². The minimum absolute atomic E-state index is 0.574. The van der Waals surface area contributed by atoms with Crippen molar-refractivity contribution in [1.29, 1.82) is 0 Å². The fraction of sp³-hybridized carbons (Fsp3) is 0.138. The average molecular weight is 502 g/mol. The molecular formula is C29H28NOPS2. The van der Waals surface area contributed by atoms with Crippen molar-refractivity contribution in [1.82, 2.24) is 0 Å². The Morgan fingerprint density at radius 3 is 1.74 bits per heavy atom. The number of hydrogen-bond acceptors (Lipinski definition) is 4. The molecule has 5 heteroatoms. The van der Waals surface area contributed by atoms with Gasteiger partial charge in [0.25, 0.3) is 0 Å². The molecule has 0 saturated carbocycles. The fourth-order valence-corrected chi connectivity index (χ4v) is 8.62. The Labute approximate surface area is 212 Å². The van der Waals surface area contributed by atoms with Crippen molar-refractivity contribution in [3.63, 3.8) is 0 Å². The largest absolute Gasteiger partial charge is 0.479 e. The molecule has 4 aromatic rings. The third-order valence-electron chi connectivity index (χ3n) is 5.57. The number of ether oxygens (including phenoxy) is 1. The lowest BCUT2D eigenvalue weighted by Crippen LogP contribution is -2.25. The lowest BCUT2D eigenvalue weighted by Gasteiger charge is -2.28. The molecule has 0 bridgehead atoms.